The van der Waals surface area contributed by atoms with Gasteiger partial charge in [0.25, 0.3) is 5.91 Å². The lowest BCUT2D eigenvalue weighted by Gasteiger charge is -2.31. The van der Waals surface area contributed by atoms with Crippen molar-refractivity contribution in [3.8, 4) is 0 Å². The number of hydrogen-bond acceptors (Lipinski definition) is 4. The van der Waals surface area contributed by atoms with Crippen molar-refractivity contribution in [2.75, 3.05) is 36.5 Å². The van der Waals surface area contributed by atoms with E-state index in [1.807, 2.05) is 6.07 Å². The number of halogens is 2. The lowest BCUT2D eigenvalue weighted by atomic mass is 10.1. The molecule has 1 aliphatic heterocycles. The topological polar surface area (TPSA) is 54.5 Å². The maximum absolute atomic E-state index is 13.6. The first kappa shape index (κ1) is 18.7. The van der Waals surface area contributed by atoms with E-state index in [4.69, 9.17) is 16.3 Å². The van der Waals surface area contributed by atoms with Crippen LogP contribution in [0.25, 0.3) is 10.9 Å². The van der Waals surface area contributed by atoms with Crippen LogP contribution in [-0.4, -0.2) is 37.2 Å². The molecule has 1 aromatic heterocycles. The molecule has 144 valence electrons. The van der Waals surface area contributed by atoms with Crippen LogP contribution in [0.5, 0.6) is 0 Å². The van der Waals surface area contributed by atoms with Crippen LogP contribution in [-0.2, 0) is 4.74 Å². The summed E-state index contributed by atoms with van der Waals surface area (Å²) in [5, 5.41) is 4.09. The molecule has 4 rings (SSSR count). The number of pyridine rings is 1. The Hall–Kier alpha value is -2.70. The number of para-hydroxylation sites is 1. The highest BCUT2D eigenvalue weighted by molar-refractivity contribution is 6.34. The second kappa shape index (κ2) is 7.73. The quantitative estimate of drug-likeness (QED) is 0.708. The Morgan fingerprint density at radius 1 is 1.21 bits per heavy atom. The maximum Gasteiger partial charge on any atom is 0.257 e. The van der Waals surface area contributed by atoms with Gasteiger partial charge in [-0.3, -0.25) is 9.78 Å². The molecule has 0 unspecified atom stereocenters. The molecule has 0 atom stereocenters. The van der Waals surface area contributed by atoms with E-state index < -0.39 is 0 Å². The van der Waals surface area contributed by atoms with E-state index in [0.29, 0.717) is 59.2 Å². The largest absolute Gasteiger partial charge is 0.378 e. The monoisotopic (exact) mass is 399 g/mol. The summed E-state index contributed by atoms with van der Waals surface area (Å²) >= 11 is 6.43. The first-order valence-corrected chi connectivity index (χ1v) is 9.40. The number of anilines is 2. The van der Waals surface area contributed by atoms with Crippen LogP contribution in [0.3, 0.4) is 0 Å². The van der Waals surface area contributed by atoms with Crippen molar-refractivity contribution >= 4 is 39.8 Å². The molecule has 0 radical (unpaired) electrons. The van der Waals surface area contributed by atoms with Gasteiger partial charge in [0.15, 0.2) is 0 Å². The van der Waals surface area contributed by atoms with Crippen LogP contribution in [0.1, 0.15) is 16.1 Å². The van der Waals surface area contributed by atoms with E-state index in [9.17, 15) is 9.18 Å². The molecule has 1 N–H and O–H groups in total. The summed E-state index contributed by atoms with van der Waals surface area (Å²) in [5.74, 6) is -0.679. The van der Waals surface area contributed by atoms with E-state index in [-0.39, 0.29) is 11.7 Å². The van der Waals surface area contributed by atoms with Crippen molar-refractivity contribution < 1.29 is 13.9 Å². The Morgan fingerprint density at radius 3 is 2.79 bits per heavy atom. The highest BCUT2D eigenvalue weighted by atomic mass is 35.5. The van der Waals surface area contributed by atoms with Crippen molar-refractivity contribution in [3.05, 3.63) is 64.6 Å². The van der Waals surface area contributed by atoms with E-state index in [0.717, 1.165) is 5.69 Å². The van der Waals surface area contributed by atoms with Crippen molar-refractivity contribution in [1.29, 1.82) is 0 Å². The van der Waals surface area contributed by atoms with E-state index in [1.54, 1.807) is 31.2 Å². The van der Waals surface area contributed by atoms with Gasteiger partial charge in [0, 0.05) is 18.5 Å². The van der Waals surface area contributed by atoms with Gasteiger partial charge >= 0.3 is 0 Å². The number of aryl methyl sites for hydroxylation is 1. The molecule has 7 heteroatoms. The number of nitrogens with zero attached hydrogens (tertiary/aromatic N) is 2. The molecule has 0 bridgehead atoms. The lowest BCUT2D eigenvalue weighted by Crippen LogP contribution is -2.37. The van der Waals surface area contributed by atoms with Crippen LogP contribution in [0.15, 0.2) is 42.5 Å². The smallest absolute Gasteiger partial charge is 0.257 e. The summed E-state index contributed by atoms with van der Waals surface area (Å²) in [6, 6.07) is 11.4. The Morgan fingerprint density at radius 2 is 2.00 bits per heavy atom. The van der Waals surface area contributed by atoms with Gasteiger partial charge in [0.05, 0.1) is 46.4 Å². The third-order valence-corrected chi connectivity index (χ3v) is 5.08. The van der Waals surface area contributed by atoms with Gasteiger partial charge in [0.2, 0.25) is 0 Å². The first-order chi connectivity index (χ1) is 13.5. The van der Waals surface area contributed by atoms with Crippen molar-refractivity contribution in [1.82, 2.24) is 4.98 Å². The maximum atomic E-state index is 13.6. The summed E-state index contributed by atoms with van der Waals surface area (Å²) in [7, 11) is 0. The van der Waals surface area contributed by atoms with E-state index in [2.05, 4.69) is 15.2 Å². The number of ether oxygens (including phenoxy) is 1. The Labute approximate surface area is 167 Å². The molecule has 1 aliphatic rings. The molecule has 3 aromatic rings. The van der Waals surface area contributed by atoms with Gasteiger partial charge in [-0.25, -0.2) is 4.39 Å². The zero-order chi connectivity index (χ0) is 19.7. The number of fused-ring (bicyclic) bond motifs is 1. The highest BCUT2D eigenvalue weighted by Crippen LogP contribution is 2.35. The molecule has 1 fully saturated rings. The fraction of sp³-hybridized carbons (Fsp3) is 0.238. The number of carbonyl (C=O) groups excluding carboxylic acids is 1. The standard InChI is InChI=1S/C21H19ClFN3O2/c1-13-16(12-14-11-15(23)5-6-18(14)24-13)21(27)25-19-4-2-3-17(22)20(19)26-7-9-28-10-8-26/h2-6,11-12H,7-10H2,1H3,(H,25,27). The van der Waals surface area contributed by atoms with Gasteiger partial charge in [-0.1, -0.05) is 17.7 Å². The first-order valence-electron chi connectivity index (χ1n) is 9.02. The Bertz CT molecular complexity index is 1050. The van der Waals surface area contributed by atoms with Crippen molar-refractivity contribution in [2.24, 2.45) is 0 Å². The van der Waals surface area contributed by atoms with Crippen LogP contribution in [0, 0.1) is 12.7 Å². The number of rotatable bonds is 3. The highest BCUT2D eigenvalue weighted by Gasteiger charge is 2.20. The second-order valence-electron chi connectivity index (χ2n) is 6.65. The lowest BCUT2D eigenvalue weighted by molar-refractivity contribution is 0.102. The number of hydrogen-bond donors (Lipinski definition) is 1. The number of amides is 1. The molecule has 1 amide bonds. The van der Waals surface area contributed by atoms with Gasteiger partial charge in [-0.2, -0.15) is 0 Å². The van der Waals surface area contributed by atoms with Crippen molar-refractivity contribution in [2.45, 2.75) is 6.92 Å². The number of carbonyl (C=O) groups is 1. The molecule has 2 aromatic carbocycles. The molecule has 0 saturated carbocycles. The Kier molecular flexibility index (Phi) is 5.15. The number of morpholine rings is 1. The van der Waals surface area contributed by atoms with Gasteiger partial charge in [-0.05, 0) is 43.3 Å². The molecule has 28 heavy (non-hydrogen) atoms. The molecule has 0 aliphatic carbocycles. The van der Waals surface area contributed by atoms with Crippen LogP contribution < -0.4 is 10.2 Å². The minimum atomic E-state index is -0.367. The third-order valence-electron chi connectivity index (χ3n) is 4.77. The molecule has 2 heterocycles. The van der Waals surface area contributed by atoms with E-state index >= 15 is 0 Å². The second-order valence-corrected chi connectivity index (χ2v) is 7.06. The minimum absolute atomic E-state index is 0.312. The van der Waals surface area contributed by atoms with Gasteiger partial charge in [-0.15, -0.1) is 0 Å². The Balaban J connectivity index is 1.68. The summed E-state index contributed by atoms with van der Waals surface area (Å²) < 4.78 is 19.0. The summed E-state index contributed by atoms with van der Waals surface area (Å²) in [5.41, 5.74) is 3.01. The van der Waals surface area contributed by atoms with Crippen LogP contribution >= 0.6 is 11.6 Å². The van der Waals surface area contributed by atoms with Crippen molar-refractivity contribution in [3.63, 3.8) is 0 Å². The average molecular weight is 400 g/mol. The predicted molar refractivity (Wildman–Crippen MR) is 109 cm³/mol. The number of nitrogens with one attached hydrogen (secondary N) is 1. The predicted octanol–water partition coefficient (Wildman–Crippen LogP) is 4.42. The fourth-order valence-corrected chi connectivity index (χ4v) is 3.68. The van der Waals surface area contributed by atoms with Gasteiger partial charge in [0.1, 0.15) is 5.82 Å². The summed E-state index contributed by atoms with van der Waals surface area (Å²) in [6.45, 7) is 4.37. The van der Waals surface area contributed by atoms with Crippen LogP contribution in [0.2, 0.25) is 5.02 Å². The molecular formula is C21H19ClFN3O2. The normalized spacial score (nSPS) is 14.3. The minimum Gasteiger partial charge on any atom is -0.378 e. The molecule has 0 spiro atoms. The summed E-state index contributed by atoms with van der Waals surface area (Å²) in [4.78, 5) is 19.5. The third kappa shape index (κ3) is 3.66. The zero-order valence-corrected chi connectivity index (χ0v) is 16.1. The molecular weight excluding hydrogens is 381 g/mol. The SMILES string of the molecule is Cc1nc2ccc(F)cc2cc1C(=O)Nc1cccc(Cl)c1N1CCOCC1. The van der Waals surface area contributed by atoms with Gasteiger partial charge < -0.3 is 15.0 Å². The van der Waals surface area contributed by atoms with E-state index in [1.165, 1.54) is 12.1 Å². The number of aromatic nitrogens is 1. The summed E-state index contributed by atoms with van der Waals surface area (Å²) in [6.07, 6.45) is 0. The average Bonchev–Trinajstić information content (AvgIpc) is 2.68. The number of benzene rings is 2. The fourth-order valence-electron chi connectivity index (χ4n) is 3.39. The molecule has 1 saturated heterocycles. The van der Waals surface area contributed by atoms with Crippen LogP contribution in [0.4, 0.5) is 15.8 Å². The molecule has 5 nitrogen and oxygen atoms in total. The zero-order valence-electron chi connectivity index (χ0n) is 15.3.